The fraction of sp³-hybridized carbons (Fsp3) is 0.0294. The Hall–Kier alpha value is -4.66. The molecule has 0 saturated heterocycles. The van der Waals surface area contributed by atoms with Crippen molar-refractivity contribution in [2.45, 2.75) is 0 Å². The van der Waals surface area contributed by atoms with E-state index in [9.17, 15) is 4.57 Å². The molecule has 0 N–H and O–H groups in total. The molecule has 0 saturated carbocycles. The van der Waals surface area contributed by atoms with Crippen LogP contribution < -0.4 is 10.6 Å². The molecular formula is C34H24N3OP. The van der Waals surface area contributed by atoms with Gasteiger partial charge in [0.25, 0.3) is 0 Å². The molecule has 0 bridgehead atoms. The normalized spacial score (nSPS) is 15.5. The van der Waals surface area contributed by atoms with E-state index < -0.39 is 7.14 Å². The summed E-state index contributed by atoms with van der Waals surface area (Å²) in [5.74, 6) is 1.90. The topological polar surface area (TPSA) is 55.7 Å². The highest BCUT2D eigenvalue weighted by atomic mass is 31.2. The Morgan fingerprint density at radius 2 is 0.872 bits per heavy atom. The van der Waals surface area contributed by atoms with Gasteiger partial charge in [-0.05, 0) is 35.0 Å². The van der Waals surface area contributed by atoms with Crippen LogP contribution in [-0.4, -0.2) is 21.6 Å². The molecule has 186 valence electrons. The van der Waals surface area contributed by atoms with E-state index in [0.717, 1.165) is 49.6 Å². The van der Waals surface area contributed by atoms with E-state index in [4.69, 9.17) is 15.0 Å². The Morgan fingerprint density at radius 3 is 1.46 bits per heavy atom. The maximum absolute atomic E-state index is 13.8. The van der Waals surface area contributed by atoms with Crippen molar-refractivity contribution in [1.29, 1.82) is 0 Å². The number of nitrogens with zero attached hydrogens (tertiary/aromatic N) is 3. The van der Waals surface area contributed by atoms with Gasteiger partial charge in [0.05, 0.1) is 0 Å². The number of aromatic nitrogens is 3. The summed E-state index contributed by atoms with van der Waals surface area (Å²) in [5, 5.41) is 1.88. The first kappa shape index (κ1) is 23.5. The molecule has 39 heavy (non-hydrogen) atoms. The zero-order valence-electron chi connectivity index (χ0n) is 21.3. The predicted molar refractivity (Wildman–Crippen MR) is 160 cm³/mol. The number of rotatable bonds is 4. The zero-order valence-corrected chi connectivity index (χ0v) is 22.2. The van der Waals surface area contributed by atoms with E-state index in [2.05, 4.69) is 36.4 Å². The number of fused-ring (bicyclic) bond motifs is 3. The van der Waals surface area contributed by atoms with E-state index >= 15 is 0 Å². The van der Waals surface area contributed by atoms with Crippen molar-refractivity contribution in [2.24, 2.45) is 0 Å². The second kappa shape index (κ2) is 9.27. The predicted octanol–water partition coefficient (Wildman–Crippen LogP) is 7.46. The highest BCUT2D eigenvalue weighted by Gasteiger charge is 2.34. The number of hydrogen-bond donors (Lipinski definition) is 0. The average molecular weight is 522 g/mol. The maximum atomic E-state index is 13.8. The molecular weight excluding hydrogens is 497 g/mol. The molecule has 0 aliphatic carbocycles. The molecule has 2 heterocycles. The number of hydrogen-bond acceptors (Lipinski definition) is 4. The maximum Gasteiger partial charge on any atom is 0.164 e. The van der Waals surface area contributed by atoms with Gasteiger partial charge in [-0.1, -0.05) is 121 Å². The molecule has 7 rings (SSSR count). The molecule has 5 heteroatoms. The van der Waals surface area contributed by atoms with Crippen LogP contribution in [0.3, 0.4) is 0 Å². The SMILES string of the molecule is CP1(=O)c2ccccc2-c2ccc(-c3ccc(-c4nc(-c5ccccc5)nc(-c5ccccc5)n4)cc3)cc21. The van der Waals surface area contributed by atoms with Gasteiger partial charge in [0.1, 0.15) is 7.14 Å². The van der Waals surface area contributed by atoms with Gasteiger partial charge in [-0.2, -0.15) is 0 Å². The van der Waals surface area contributed by atoms with Gasteiger partial charge in [-0.25, -0.2) is 15.0 Å². The fourth-order valence-electron chi connectivity index (χ4n) is 5.24. The minimum atomic E-state index is -2.62. The Kier molecular flexibility index (Phi) is 5.57. The van der Waals surface area contributed by atoms with Crippen molar-refractivity contribution < 1.29 is 4.57 Å². The van der Waals surface area contributed by atoms with Crippen molar-refractivity contribution in [1.82, 2.24) is 15.0 Å². The van der Waals surface area contributed by atoms with Crippen LogP contribution in [0.15, 0.2) is 127 Å². The van der Waals surface area contributed by atoms with Crippen LogP contribution in [-0.2, 0) is 4.57 Å². The Bertz CT molecular complexity index is 1830. The van der Waals surface area contributed by atoms with Crippen LogP contribution in [0.1, 0.15) is 0 Å². The van der Waals surface area contributed by atoms with Crippen molar-refractivity contribution in [3.8, 4) is 56.4 Å². The third-order valence-corrected chi connectivity index (χ3v) is 9.89. The van der Waals surface area contributed by atoms with Gasteiger partial charge in [0.15, 0.2) is 17.5 Å². The van der Waals surface area contributed by atoms with Crippen molar-refractivity contribution >= 4 is 17.8 Å². The molecule has 0 spiro atoms. The summed E-state index contributed by atoms with van der Waals surface area (Å²) in [4.78, 5) is 14.4. The average Bonchev–Trinajstić information content (AvgIpc) is 3.24. The molecule has 1 aliphatic rings. The van der Waals surface area contributed by atoms with Crippen LogP contribution in [0.4, 0.5) is 0 Å². The molecule has 0 fully saturated rings. The van der Waals surface area contributed by atoms with Crippen molar-refractivity contribution in [3.05, 3.63) is 127 Å². The lowest BCUT2D eigenvalue weighted by Gasteiger charge is -2.11. The first-order valence-corrected chi connectivity index (χ1v) is 15.0. The van der Waals surface area contributed by atoms with E-state index in [1.807, 2.05) is 97.7 Å². The van der Waals surface area contributed by atoms with Crippen LogP contribution >= 0.6 is 7.14 Å². The van der Waals surface area contributed by atoms with Gasteiger partial charge in [-0.15, -0.1) is 0 Å². The lowest BCUT2D eigenvalue weighted by molar-refractivity contribution is 0.591. The summed E-state index contributed by atoms with van der Waals surface area (Å²) in [6, 6.07) is 42.5. The standard InChI is InChI=1S/C34H24N3OP/c1-39(38)30-15-9-8-14-28(30)29-21-20-27(22-31(29)39)23-16-18-26(19-17-23)34-36-32(24-10-4-2-5-11-24)35-33(37-34)25-12-6-3-7-13-25/h2-22H,1H3. The smallest absolute Gasteiger partial charge is 0.164 e. The van der Waals surface area contributed by atoms with Gasteiger partial charge in [0.2, 0.25) is 0 Å². The Labute approximate surface area is 227 Å². The summed E-state index contributed by atoms with van der Waals surface area (Å²) in [6.45, 7) is 1.87. The molecule has 6 aromatic rings. The molecule has 5 aromatic carbocycles. The summed E-state index contributed by atoms with van der Waals surface area (Å²) in [7, 11) is -2.62. The van der Waals surface area contributed by atoms with Crippen LogP contribution in [0.25, 0.3) is 56.4 Å². The minimum Gasteiger partial charge on any atom is -0.314 e. The van der Waals surface area contributed by atoms with Crippen LogP contribution in [0.5, 0.6) is 0 Å². The second-order valence-corrected chi connectivity index (χ2v) is 12.6. The third kappa shape index (κ3) is 4.10. The van der Waals surface area contributed by atoms with Crippen LogP contribution in [0.2, 0.25) is 0 Å². The molecule has 1 unspecified atom stereocenters. The minimum absolute atomic E-state index is 0.622. The lowest BCUT2D eigenvalue weighted by Crippen LogP contribution is -2.08. The van der Waals surface area contributed by atoms with Crippen molar-refractivity contribution in [2.75, 3.05) is 6.66 Å². The first-order chi connectivity index (χ1) is 19.1. The van der Waals surface area contributed by atoms with Gasteiger partial charge < -0.3 is 4.57 Å². The van der Waals surface area contributed by atoms with Gasteiger partial charge >= 0.3 is 0 Å². The summed E-state index contributed by atoms with van der Waals surface area (Å²) < 4.78 is 13.8. The molecule has 1 aromatic heterocycles. The fourth-order valence-corrected chi connectivity index (χ4v) is 7.57. The molecule has 1 aliphatic heterocycles. The van der Waals surface area contributed by atoms with Crippen LogP contribution in [0, 0.1) is 0 Å². The summed E-state index contributed by atoms with van der Waals surface area (Å²) >= 11 is 0. The van der Waals surface area contributed by atoms with E-state index in [1.165, 1.54) is 0 Å². The van der Waals surface area contributed by atoms with E-state index in [-0.39, 0.29) is 0 Å². The highest BCUT2D eigenvalue weighted by molar-refractivity contribution is 7.79. The summed E-state index contributed by atoms with van der Waals surface area (Å²) in [5.41, 5.74) is 7.04. The highest BCUT2D eigenvalue weighted by Crippen LogP contribution is 2.50. The van der Waals surface area contributed by atoms with Gasteiger partial charge in [0, 0.05) is 27.3 Å². The first-order valence-electron chi connectivity index (χ1n) is 12.9. The molecule has 0 radical (unpaired) electrons. The molecule has 4 nitrogen and oxygen atoms in total. The van der Waals surface area contributed by atoms with Gasteiger partial charge in [-0.3, -0.25) is 0 Å². The van der Waals surface area contributed by atoms with E-state index in [0.29, 0.717) is 17.5 Å². The third-order valence-electron chi connectivity index (χ3n) is 7.29. The lowest BCUT2D eigenvalue weighted by atomic mass is 9.99. The monoisotopic (exact) mass is 521 g/mol. The summed E-state index contributed by atoms with van der Waals surface area (Å²) in [6.07, 6.45) is 0. The Morgan fingerprint density at radius 1 is 0.436 bits per heavy atom. The largest absolute Gasteiger partial charge is 0.314 e. The Balaban J connectivity index is 1.28. The van der Waals surface area contributed by atoms with E-state index in [1.54, 1.807) is 0 Å². The number of benzene rings is 5. The molecule has 0 amide bonds. The van der Waals surface area contributed by atoms with Crippen molar-refractivity contribution in [3.63, 3.8) is 0 Å². The quantitative estimate of drug-likeness (QED) is 0.226. The second-order valence-electron chi connectivity index (χ2n) is 9.79. The molecule has 1 atom stereocenters. The zero-order chi connectivity index (χ0) is 26.4.